The lowest BCUT2D eigenvalue weighted by molar-refractivity contribution is -0.122. The number of benzene rings is 1. The molecule has 1 aliphatic carbocycles. The fourth-order valence-corrected chi connectivity index (χ4v) is 3.31. The van der Waals surface area contributed by atoms with E-state index in [-0.39, 0.29) is 5.91 Å². The molecule has 116 valence electrons. The molecule has 3 nitrogen and oxygen atoms in total. The average Bonchev–Trinajstić information content (AvgIpc) is 2.49. The molecule has 2 unspecified atom stereocenters. The van der Waals surface area contributed by atoms with Gasteiger partial charge < -0.3 is 10.1 Å². The number of carbonyl (C=O) groups excluding carboxylic acids is 1. The maximum absolute atomic E-state index is 12.2. The van der Waals surface area contributed by atoms with Gasteiger partial charge in [0, 0.05) is 12.5 Å². The summed E-state index contributed by atoms with van der Waals surface area (Å²) in [6, 6.07) is 8.28. The summed E-state index contributed by atoms with van der Waals surface area (Å²) < 4.78 is 5.21. The summed E-state index contributed by atoms with van der Waals surface area (Å²) in [5, 5.41) is 3.25. The number of methoxy groups -OCH3 is 1. The zero-order valence-corrected chi connectivity index (χ0v) is 13.4. The molecule has 1 aliphatic rings. The molecule has 21 heavy (non-hydrogen) atoms. The molecule has 0 spiro atoms. The molecule has 0 heterocycles. The van der Waals surface area contributed by atoms with Gasteiger partial charge in [0.15, 0.2) is 0 Å². The summed E-state index contributed by atoms with van der Waals surface area (Å²) in [6.07, 6.45) is 5.05. The summed E-state index contributed by atoms with van der Waals surface area (Å²) in [6.45, 7) is 4.51. The van der Waals surface area contributed by atoms with Crippen LogP contribution in [0.25, 0.3) is 0 Å². The molecule has 1 aromatic carbocycles. The maximum atomic E-state index is 12.2. The van der Waals surface area contributed by atoms with Gasteiger partial charge in [0.1, 0.15) is 5.75 Å². The monoisotopic (exact) mass is 289 g/mol. The lowest BCUT2D eigenvalue weighted by Crippen LogP contribution is -2.45. The zero-order valence-electron chi connectivity index (χ0n) is 13.4. The third kappa shape index (κ3) is 4.48. The fourth-order valence-electron chi connectivity index (χ4n) is 3.31. The highest BCUT2D eigenvalue weighted by Gasteiger charge is 2.28. The first-order valence-corrected chi connectivity index (χ1v) is 8.02. The number of carbonyl (C=O) groups is 1. The number of nitrogens with one attached hydrogen (secondary N) is 1. The normalized spacial score (nSPS) is 25.4. The summed E-state index contributed by atoms with van der Waals surface area (Å²) >= 11 is 0. The van der Waals surface area contributed by atoms with E-state index in [2.05, 4.69) is 19.2 Å². The van der Waals surface area contributed by atoms with E-state index in [0.29, 0.717) is 24.3 Å². The van der Waals surface area contributed by atoms with Crippen molar-refractivity contribution in [3.05, 3.63) is 29.8 Å². The van der Waals surface area contributed by atoms with Gasteiger partial charge in [-0.3, -0.25) is 4.79 Å². The fraction of sp³-hybridized carbons (Fsp3) is 0.611. The van der Waals surface area contributed by atoms with Crippen molar-refractivity contribution in [3.8, 4) is 5.75 Å². The van der Waals surface area contributed by atoms with E-state index in [0.717, 1.165) is 17.7 Å². The van der Waals surface area contributed by atoms with E-state index >= 15 is 0 Å². The minimum Gasteiger partial charge on any atom is -0.497 e. The van der Waals surface area contributed by atoms with Gasteiger partial charge in [-0.2, -0.15) is 0 Å². The Kier molecular flexibility index (Phi) is 5.66. The molecule has 0 radical (unpaired) electrons. The molecule has 3 heteroatoms. The maximum Gasteiger partial charge on any atom is 0.220 e. The molecule has 0 saturated heterocycles. The molecular formula is C18H27NO2. The predicted octanol–water partition coefficient (Wildman–Crippen LogP) is 3.57. The molecule has 1 aromatic rings. The first-order valence-electron chi connectivity index (χ1n) is 8.02. The predicted molar refractivity (Wildman–Crippen MR) is 85.4 cm³/mol. The van der Waals surface area contributed by atoms with Crippen molar-refractivity contribution in [3.63, 3.8) is 0 Å². The smallest absolute Gasteiger partial charge is 0.220 e. The second kappa shape index (κ2) is 7.48. The van der Waals surface area contributed by atoms with Gasteiger partial charge in [0.05, 0.1) is 7.11 Å². The van der Waals surface area contributed by atoms with Crippen LogP contribution in [0.3, 0.4) is 0 Å². The quantitative estimate of drug-likeness (QED) is 0.900. The van der Waals surface area contributed by atoms with Crippen molar-refractivity contribution in [2.75, 3.05) is 7.11 Å². The Balaban J connectivity index is 1.84. The van der Waals surface area contributed by atoms with Crippen LogP contribution >= 0.6 is 0 Å². The largest absolute Gasteiger partial charge is 0.497 e. The SMILES string of the molecule is COc1cccc(CCC(=O)NC2C(C)CCCC2C)c1. The summed E-state index contributed by atoms with van der Waals surface area (Å²) in [7, 11) is 1.66. The summed E-state index contributed by atoms with van der Waals surface area (Å²) in [5.74, 6) is 2.20. The van der Waals surface area contributed by atoms with Crippen molar-refractivity contribution < 1.29 is 9.53 Å². The van der Waals surface area contributed by atoms with Crippen molar-refractivity contribution >= 4 is 5.91 Å². The van der Waals surface area contributed by atoms with E-state index in [1.165, 1.54) is 19.3 Å². The standard InChI is InChI=1S/C18H27NO2/c1-13-6-4-7-14(2)18(13)19-17(20)11-10-15-8-5-9-16(12-15)21-3/h5,8-9,12-14,18H,4,6-7,10-11H2,1-3H3,(H,19,20). The number of amides is 1. The Morgan fingerprint density at radius 3 is 2.67 bits per heavy atom. The second-order valence-electron chi connectivity index (χ2n) is 6.33. The Morgan fingerprint density at radius 2 is 2.00 bits per heavy atom. The minimum absolute atomic E-state index is 0.170. The molecule has 2 rings (SSSR count). The van der Waals surface area contributed by atoms with Crippen molar-refractivity contribution in [1.29, 1.82) is 0 Å². The van der Waals surface area contributed by atoms with E-state index in [1.54, 1.807) is 7.11 Å². The highest BCUT2D eigenvalue weighted by atomic mass is 16.5. The van der Waals surface area contributed by atoms with Crippen molar-refractivity contribution in [1.82, 2.24) is 5.32 Å². The van der Waals surface area contributed by atoms with Crippen molar-refractivity contribution in [2.24, 2.45) is 11.8 Å². The Morgan fingerprint density at radius 1 is 1.29 bits per heavy atom. The van der Waals surface area contributed by atoms with Crippen LogP contribution < -0.4 is 10.1 Å². The molecule has 0 aromatic heterocycles. The van der Waals surface area contributed by atoms with Gasteiger partial charge in [0.2, 0.25) is 5.91 Å². The first-order chi connectivity index (χ1) is 10.1. The Bertz CT molecular complexity index is 462. The average molecular weight is 289 g/mol. The zero-order chi connectivity index (χ0) is 15.2. The number of hydrogen-bond donors (Lipinski definition) is 1. The Hall–Kier alpha value is -1.51. The number of rotatable bonds is 5. The van der Waals surface area contributed by atoms with Crippen LogP contribution in [0, 0.1) is 11.8 Å². The van der Waals surface area contributed by atoms with E-state index < -0.39 is 0 Å². The number of aryl methyl sites for hydroxylation is 1. The van der Waals surface area contributed by atoms with Crippen LogP contribution in [0.5, 0.6) is 5.75 Å². The molecule has 1 fully saturated rings. The van der Waals surface area contributed by atoms with Gasteiger partial charge in [0.25, 0.3) is 0 Å². The van der Waals surface area contributed by atoms with Crippen LogP contribution in [0.4, 0.5) is 0 Å². The van der Waals surface area contributed by atoms with Crippen LogP contribution in [0.1, 0.15) is 45.1 Å². The lowest BCUT2D eigenvalue weighted by Gasteiger charge is -2.35. The van der Waals surface area contributed by atoms with Crippen LogP contribution in [-0.4, -0.2) is 19.1 Å². The van der Waals surface area contributed by atoms with Gasteiger partial charge in [-0.1, -0.05) is 32.4 Å². The third-order valence-electron chi connectivity index (χ3n) is 4.65. The van der Waals surface area contributed by atoms with Crippen molar-refractivity contribution in [2.45, 2.75) is 52.0 Å². The van der Waals surface area contributed by atoms with Crippen LogP contribution in [0.15, 0.2) is 24.3 Å². The molecule has 0 aliphatic heterocycles. The van der Waals surface area contributed by atoms with E-state index in [9.17, 15) is 4.79 Å². The molecule has 1 N–H and O–H groups in total. The van der Waals surface area contributed by atoms with Gasteiger partial charge in [-0.05, 0) is 48.8 Å². The van der Waals surface area contributed by atoms with Gasteiger partial charge >= 0.3 is 0 Å². The molecule has 1 saturated carbocycles. The topological polar surface area (TPSA) is 38.3 Å². The third-order valence-corrected chi connectivity index (χ3v) is 4.65. The molecule has 1 amide bonds. The second-order valence-corrected chi connectivity index (χ2v) is 6.33. The number of hydrogen-bond acceptors (Lipinski definition) is 2. The first kappa shape index (κ1) is 15.9. The van der Waals surface area contributed by atoms with E-state index in [4.69, 9.17) is 4.74 Å². The highest BCUT2D eigenvalue weighted by Crippen LogP contribution is 2.28. The summed E-state index contributed by atoms with van der Waals surface area (Å²) in [4.78, 5) is 12.2. The van der Waals surface area contributed by atoms with Crippen LogP contribution in [-0.2, 0) is 11.2 Å². The molecular weight excluding hydrogens is 262 g/mol. The van der Waals surface area contributed by atoms with Gasteiger partial charge in [-0.15, -0.1) is 0 Å². The molecule has 0 bridgehead atoms. The minimum atomic E-state index is 0.170. The van der Waals surface area contributed by atoms with Crippen LogP contribution in [0.2, 0.25) is 0 Å². The van der Waals surface area contributed by atoms with Gasteiger partial charge in [-0.25, -0.2) is 0 Å². The highest BCUT2D eigenvalue weighted by molar-refractivity contribution is 5.76. The molecule has 2 atom stereocenters. The summed E-state index contributed by atoms with van der Waals surface area (Å²) in [5.41, 5.74) is 1.15. The Labute approximate surface area is 128 Å². The number of ether oxygens (including phenoxy) is 1. The lowest BCUT2D eigenvalue weighted by atomic mass is 9.78. The van der Waals surface area contributed by atoms with E-state index in [1.807, 2.05) is 24.3 Å².